The Labute approximate surface area is 286 Å². The number of hydrogen-bond acceptors (Lipinski definition) is 1. The van der Waals surface area contributed by atoms with Gasteiger partial charge in [-0.25, -0.2) is 4.98 Å². The molecule has 1 heterocycles. The van der Waals surface area contributed by atoms with Gasteiger partial charge < -0.3 is 0 Å². The van der Waals surface area contributed by atoms with Gasteiger partial charge in [-0.05, 0) is 96.4 Å². The van der Waals surface area contributed by atoms with Gasteiger partial charge in [0, 0.05) is 12.1 Å². The lowest BCUT2D eigenvalue weighted by Crippen LogP contribution is -2.00. The Balaban J connectivity index is 1.31. The molecule has 1 aromatic heterocycles. The van der Waals surface area contributed by atoms with Crippen molar-refractivity contribution in [3.63, 3.8) is 0 Å². The van der Waals surface area contributed by atoms with Crippen molar-refractivity contribution in [3.8, 4) is 50.2 Å². The van der Waals surface area contributed by atoms with E-state index in [1.54, 1.807) is 0 Å². The first kappa shape index (κ1) is 28.9. The molecule has 49 heavy (non-hydrogen) atoms. The Kier molecular flexibility index (Phi) is 7.13. The van der Waals surface area contributed by atoms with Gasteiger partial charge in [-0.2, -0.15) is 0 Å². The molecule has 9 rings (SSSR count). The van der Waals surface area contributed by atoms with Crippen LogP contribution >= 0.6 is 0 Å². The molecule has 2 heteroatoms. The van der Waals surface area contributed by atoms with E-state index in [0.717, 1.165) is 29.0 Å². The summed E-state index contributed by atoms with van der Waals surface area (Å²) in [6.07, 6.45) is 0.861. The highest BCUT2D eigenvalue weighted by molar-refractivity contribution is 6.22. The monoisotopic (exact) mass is 626 g/mol. The van der Waals surface area contributed by atoms with Gasteiger partial charge in [0.05, 0.1) is 11.0 Å². The average Bonchev–Trinajstić information content (AvgIpc) is 3.56. The number of imidazole rings is 1. The number of fused-ring (bicyclic) bond motifs is 3. The van der Waals surface area contributed by atoms with Crippen molar-refractivity contribution in [2.24, 2.45) is 0 Å². The maximum Gasteiger partial charge on any atom is 0.114 e. The van der Waals surface area contributed by atoms with E-state index in [-0.39, 0.29) is 0 Å². The highest BCUT2D eigenvalue weighted by Crippen LogP contribution is 2.45. The number of para-hydroxylation sites is 2. The fraction of sp³-hybridized carbons (Fsp3) is 0.0426. The summed E-state index contributed by atoms with van der Waals surface area (Å²) in [5.74, 6) is 1.07. The van der Waals surface area contributed by atoms with Gasteiger partial charge in [-0.15, -0.1) is 0 Å². The fourth-order valence-electron chi connectivity index (χ4n) is 7.56. The van der Waals surface area contributed by atoms with E-state index in [1.165, 1.54) is 66.1 Å². The molecule has 0 atom stereocenters. The first-order valence-corrected chi connectivity index (χ1v) is 17.0. The van der Waals surface area contributed by atoms with Crippen LogP contribution in [-0.4, -0.2) is 9.55 Å². The molecule has 0 saturated carbocycles. The van der Waals surface area contributed by atoms with Crippen molar-refractivity contribution in [2.45, 2.75) is 13.3 Å². The van der Waals surface area contributed by atoms with Crippen molar-refractivity contribution in [1.29, 1.82) is 0 Å². The Bertz CT molecular complexity index is 2610. The Morgan fingerprint density at radius 2 is 0.939 bits per heavy atom. The standard InChI is InChI=1S/C47H34N2/c1-2-45-48-43-23-13-14-24-44(43)49(45)36-28-25-34(26-29-36)47-40-22-12-11-21-39(40)46(33-17-7-4-8-18-33)41-30-27-35(31-42(41)47)38-20-10-9-19-37(38)32-15-5-3-6-16-32/h3-31H,2H2,1H3. The molecule has 0 bridgehead atoms. The summed E-state index contributed by atoms with van der Waals surface area (Å²) in [7, 11) is 0. The molecule has 2 nitrogen and oxygen atoms in total. The van der Waals surface area contributed by atoms with Gasteiger partial charge in [0.25, 0.3) is 0 Å². The van der Waals surface area contributed by atoms with Gasteiger partial charge in [0.15, 0.2) is 0 Å². The third-order valence-corrected chi connectivity index (χ3v) is 9.77. The van der Waals surface area contributed by atoms with Crippen LogP contribution in [0.1, 0.15) is 12.7 Å². The number of aromatic nitrogens is 2. The zero-order valence-electron chi connectivity index (χ0n) is 27.3. The second-order valence-electron chi connectivity index (χ2n) is 12.6. The minimum absolute atomic E-state index is 0.861. The number of benzene rings is 8. The van der Waals surface area contributed by atoms with Gasteiger partial charge in [-0.3, -0.25) is 4.57 Å². The molecule has 0 aliphatic rings. The maximum atomic E-state index is 4.94. The minimum atomic E-state index is 0.861. The first-order valence-electron chi connectivity index (χ1n) is 17.0. The van der Waals surface area contributed by atoms with Crippen molar-refractivity contribution < 1.29 is 0 Å². The lowest BCUT2D eigenvalue weighted by Gasteiger charge is -2.19. The topological polar surface area (TPSA) is 17.8 Å². The summed E-state index contributed by atoms with van der Waals surface area (Å²) in [5, 5.41) is 5.00. The van der Waals surface area contributed by atoms with Crippen LogP contribution in [0.2, 0.25) is 0 Å². The summed E-state index contributed by atoms with van der Waals surface area (Å²) in [4.78, 5) is 4.94. The van der Waals surface area contributed by atoms with E-state index in [0.29, 0.717) is 0 Å². The summed E-state index contributed by atoms with van der Waals surface area (Å²) in [6, 6.07) is 63.7. The van der Waals surface area contributed by atoms with E-state index >= 15 is 0 Å². The van der Waals surface area contributed by atoms with Crippen molar-refractivity contribution >= 4 is 32.6 Å². The maximum absolute atomic E-state index is 4.94. The Morgan fingerprint density at radius 3 is 1.63 bits per heavy atom. The van der Waals surface area contributed by atoms with E-state index in [2.05, 4.69) is 187 Å². The molecule has 0 radical (unpaired) electrons. The van der Waals surface area contributed by atoms with Crippen LogP contribution in [0.5, 0.6) is 0 Å². The van der Waals surface area contributed by atoms with Crippen LogP contribution in [0.4, 0.5) is 0 Å². The molecule has 0 spiro atoms. The van der Waals surface area contributed by atoms with Crippen molar-refractivity contribution in [2.75, 3.05) is 0 Å². The molecule has 0 fully saturated rings. The first-order chi connectivity index (χ1) is 24.3. The van der Waals surface area contributed by atoms with Crippen molar-refractivity contribution in [3.05, 3.63) is 182 Å². The van der Waals surface area contributed by atoms with Gasteiger partial charge in [0.2, 0.25) is 0 Å². The normalized spacial score (nSPS) is 11.4. The molecule has 0 aliphatic heterocycles. The number of hydrogen-bond donors (Lipinski definition) is 0. The highest BCUT2D eigenvalue weighted by Gasteiger charge is 2.19. The van der Waals surface area contributed by atoms with Crippen LogP contribution < -0.4 is 0 Å². The van der Waals surface area contributed by atoms with E-state index < -0.39 is 0 Å². The van der Waals surface area contributed by atoms with Gasteiger partial charge in [0.1, 0.15) is 5.82 Å². The Morgan fingerprint density at radius 1 is 0.429 bits per heavy atom. The molecule has 9 aromatic rings. The van der Waals surface area contributed by atoms with E-state index in [1.807, 2.05) is 0 Å². The largest absolute Gasteiger partial charge is 0.296 e. The van der Waals surface area contributed by atoms with Crippen molar-refractivity contribution in [1.82, 2.24) is 9.55 Å². The average molecular weight is 627 g/mol. The second-order valence-corrected chi connectivity index (χ2v) is 12.6. The molecular weight excluding hydrogens is 593 g/mol. The van der Waals surface area contributed by atoms with Crippen LogP contribution in [0, 0.1) is 0 Å². The molecule has 0 saturated heterocycles. The fourth-order valence-corrected chi connectivity index (χ4v) is 7.56. The van der Waals surface area contributed by atoms with Gasteiger partial charge >= 0.3 is 0 Å². The van der Waals surface area contributed by atoms with E-state index in [4.69, 9.17) is 4.98 Å². The molecule has 0 N–H and O–H groups in total. The Hall–Kier alpha value is -6.25. The zero-order valence-corrected chi connectivity index (χ0v) is 27.3. The number of nitrogens with zero attached hydrogens (tertiary/aromatic N) is 2. The zero-order chi connectivity index (χ0) is 32.7. The van der Waals surface area contributed by atoms with Gasteiger partial charge in [-0.1, -0.05) is 153 Å². The van der Waals surface area contributed by atoms with Crippen LogP contribution in [-0.2, 0) is 6.42 Å². The molecular formula is C47H34N2. The summed E-state index contributed by atoms with van der Waals surface area (Å²) in [5.41, 5.74) is 13.1. The molecule has 0 unspecified atom stereocenters. The predicted octanol–water partition coefficient (Wildman–Crippen LogP) is 12.6. The van der Waals surface area contributed by atoms with Crippen LogP contribution in [0.25, 0.3) is 82.8 Å². The third-order valence-electron chi connectivity index (χ3n) is 9.77. The molecule has 232 valence electrons. The van der Waals surface area contributed by atoms with Crippen LogP contribution in [0.15, 0.2) is 176 Å². The summed E-state index contributed by atoms with van der Waals surface area (Å²) >= 11 is 0. The third kappa shape index (κ3) is 4.92. The quantitative estimate of drug-likeness (QED) is 0.168. The second kappa shape index (κ2) is 12.1. The highest BCUT2D eigenvalue weighted by atomic mass is 15.1. The van der Waals surface area contributed by atoms with Crippen LogP contribution in [0.3, 0.4) is 0 Å². The number of aryl methyl sites for hydroxylation is 1. The molecule has 0 aliphatic carbocycles. The minimum Gasteiger partial charge on any atom is -0.296 e. The van der Waals surface area contributed by atoms with E-state index in [9.17, 15) is 0 Å². The predicted molar refractivity (Wildman–Crippen MR) is 207 cm³/mol. The molecule has 0 amide bonds. The SMILES string of the molecule is CCc1nc2ccccc2n1-c1ccc(-c2c3ccccc3c(-c3ccccc3)c3ccc(-c4ccccc4-c4ccccc4)cc23)cc1. The number of rotatable bonds is 6. The lowest BCUT2D eigenvalue weighted by atomic mass is 9.84. The lowest BCUT2D eigenvalue weighted by molar-refractivity contribution is 0.908. The smallest absolute Gasteiger partial charge is 0.114 e. The summed E-state index contributed by atoms with van der Waals surface area (Å²) < 4.78 is 2.30. The summed E-state index contributed by atoms with van der Waals surface area (Å²) in [6.45, 7) is 2.17. The molecule has 8 aromatic carbocycles.